The fourth-order valence-corrected chi connectivity index (χ4v) is 7.94. The van der Waals surface area contributed by atoms with E-state index < -0.39 is 25.7 Å². The van der Waals surface area contributed by atoms with Crippen molar-refractivity contribution in [1.82, 2.24) is 0 Å². The predicted molar refractivity (Wildman–Crippen MR) is 114 cm³/mol. The fraction of sp³-hybridized carbons (Fsp3) is 0.143. The first-order valence-corrected chi connectivity index (χ1v) is 12.2. The maximum absolute atomic E-state index is 13.3. The van der Waals surface area contributed by atoms with Crippen LogP contribution >= 0.6 is 10.6 Å². The van der Waals surface area contributed by atoms with E-state index in [1.165, 1.54) is 12.1 Å². The molecule has 8 heteroatoms. The lowest BCUT2D eigenvalue weighted by Gasteiger charge is -2.27. The molecule has 1 atom stereocenters. The summed E-state index contributed by atoms with van der Waals surface area (Å²) in [4.78, 5) is 0.366. The highest BCUT2D eigenvalue weighted by Gasteiger charge is 2.45. The Labute approximate surface area is 171 Å². The quantitative estimate of drug-likeness (QED) is 0.514. The van der Waals surface area contributed by atoms with Crippen molar-refractivity contribution in [2.75, 3.05) is 11.5 Å². The van der Waals surface area contributed by atoms with Crippen LogP contribution in [0.3, 0.4) is 0 Å². The molecule has 0 saturated heterocycles. The molecule has 0 fully saturated rings. The zero-order valence-electron chi connectivity index (χ0n) is 15.4. The van der Waals surface area contributed by atoms with E-state index in [9.17, 15) is 17.5 Å². The molecule has 0 spiro atoms. The van der Waals surface area contributed by atoms with Crippen molar-refractivity contribution in [1.29, 1.82) is 0 Å². The summed E-state index contributed by atoms with van der Waals surface area (Å²) in [7, 11) is -7.07. The average Bonchev–Trinajstić information content (AvgIpc) is 2.99. The van der Waals surface area contributed by atoms with E-state index in [0.717, 1.165) is 5.56 Å². The van der Waals surface area contributed by atoms with Crippen molar-refractivity contribution in [2.24, 2.45) is 0 Å². The summed E-state index contributed by atoms with van der Waals surface area (Å²) >= 11 is 0. The molecule has 0 amide bonds. The van der Waals surface area contributed by atoms with Crippen LogP contribution in [-0.2, 0) is 16.4 Å². The second-order valence-corrected chi connectivity index (χ2v) is 11.1. The van der Waals surface area contributed by atoms with Gasteiger partial charge in [0.1, 0.15) is 17.6 Å². The molecule has 29 heavy (non-hydrogen) atoms. The fourth-order valence-electron chi connectivity index (χ4n) is 3.50. The van der Waals surface area contributed by atoms with Crippen LogP contribution in [0.1, 0.15) is 16.4 Å². The van der Waals surface area contributed by atoms with Gasteiger partial charge in [-0.2, -0.15) is 10.6 Å². The average molecular weight is 432 g/mol. The molecule has 0 bridgehead atoms. The first-order chi connectivity index (χ1) is 13.8. The molecule has 0 aliphatic carbocycles. The zero-order chi connectivity index (χ0) is 20.6. The molecule has 1 heterocycles. The molecule has 3 aromatic carbocycles. The highest BCUT2D eigenvalue weighted by Crippen LogP contribution is 2.63. The summed E-state index contributed by atoms with van der Waals surface area (Å²) in [5.74, 6) is 0.0463. The zero-order valence-corrected chi connectivity index (χ0v) is 17.1. The number of nitrogen functional groups attached to an aromatic ring is 1. The maximum Gasteiger partial charge on any atom is 0.187 e. The summed E-state index contributed by atoms with van der Waals surface area (Å²) in [5.41, 5.74) is 7.55. The van der Waals surface area contributed by atoms with E-state index in [-0.39, 0.29) is 22.2 Å². The van der Waals surface area contributed by atoms with E-state index in [2.05, 4.69) is 0 Å². The second kappa shape index (κ2) is 7.38. The highest BCUT2D eigenvalue weighted by atomic mass is 32.3. The number of anilines is 1. The molecule has 0 radical (unpaired) electrons. The molecule has 1 aliphatic rings. The smallest absolute Gasteiger partial charge is 0.187 e. The van der Waals surface area contributed by atoms with Crippen LogP contribution in [0, 0.1) is 0 Å². The lowest BCUT2D eigenvalue weighted by Crippen LogP contribution is -2.16. The number of benzene rings is 3. The van der Waals surface area contributed by atoms with Crippen molar-refractivity contribution in [3.8, 4) is 5.75 Å². The van der Waals surface area contributed by atoms with Crippen LogP contribution in [-0.4, -0.2) is 23.3 Å². The molecule has 152 valence electrons. The SMILES string of the molecule is Nc1cccc(COc2cccc3c2C(S(=O)(=O)c2ccccc2)CS3(O)O)c1. The Balaban J connectivity index is 1.75. The lowest BCUT2D eigenvalue weighted by molar-refractivity contribution is 0.302. The molecule has 3 aromatic rings. The van der Waals surface area contributed by atoms with Crippen LogP contribution in [0.4, 0.5) is 5.69 Å². The molecular formula is C21H21NO5S2. The van der Waals surface area contributed by atoms with E-state index in [1.807, 2.05) is 12.1 Å². The summed E-state index contributed by atoms with van der Waals surface area (Å²) in [6, 6.07) is 20.1. The summed E-state index contributed by atoms with van der Waals surface area (Å²) < 4.78 is 53.6. The van der Waals surface area contributed by atoms with Gasteiger partial charge in [-0.3, -0.25) is 9.11 Å². The second-order valence-electron chi connectivity index (χ2n) is 6.88. The van der Waals surface area contributed by atoms with Crippen LogP contribution < -0.4 is 10.5 Å². The minimum absolute atomic E-state index is 0.138. The molecule has 1 aliphatic heterocycles. The Bertz CT molecular complexity index is 1150. The molecular weight excluding hydrogens is 410 g/mol. The first kappa shape index (κ1) is 19.8. The Kier molecular flexibility index (Phi) is 5.04. The van der Waals surface area contributed by atoms with Gasteiger partial charge in [-0.15, -0.1) is 0 Å². The molecule has 0 saturated carbocycles. The van der Waals surface area contributed by atoms with Gasteiger partial charge in [0.05, 0.1) is 15.5 Å². The Morgan fingerprint density at radius 2 is 1.72 bits per heavy atom. The van der Waals surface area contributed by atoms with Gasteiger partial charge in [-0.25, -0.2) is 8.42 Å². The molecule has 6 nitrogen and oxygen atoms in total. The van der Waals surface area contributed by atoms with Gasteiger partial charge in [-0.05, 0) is 42.0 Å². The molecule has 4 rings (SSSR count). The molecule has 4 N–H and O–H groups in total. The van der Waals surface area contributed by atoms with Gasteiger partial charge in [0.2, 0.25) is 0 Å². The number of nitrogens with two attached hydrogens (primary N) is 1. The standard InChI is InChI=1S/C21H21NO5S2/c22-16-7-4-6-15(12-16)13-27-18-10-5-11-19-21(18)20(14-28(19,23)24)29(25,26)17-8-2-1-3-9-17/h1-12,20,23-24H,13-14,22H2. The normalized spacial score (nSPS) is 18.8. The minimum Gasteiger partial charge on any atom is -0.489 e. The van der Waals surface area contributed by atoms with E-state index in [4.69, 9.17) is 10.5 Å². The van der Waals surface area contributed by atoms with Crippen LogP contribution in [0.25, 0.3) is 0 Å². The predicted octanol–water partition coefficient (Wildman–Crippen LogP) is 4.49. The Morgan fingerprint density at radius 1 is 1.00 bits per heavy atom. The summed E-state index contributed by atoms with van der Waals surface area (Å²) in [5, 5.41) is -1.10. The number of rotatable bonds is 5. The van der Waals surface area contributed by atoms with Gasteiger partial charge >= 0.3 is 0 Å². The topological polar surface area (TPSA) is 110 Å². The van der Waals surface area contributed by atoms with Crippen LogP contribution in [0.2, 0.25) is 0 Å². The number of hydrogen-bond donors (Lipinski definition) is 3. The van der Waals surface area contributed by atoms with Crippen molar-refractivity contribution < 1.29 is 22.3 Å². The number of hydrogen-bond acceptors (Lipinski definition) is 6. The van der Waals surface area contributed by atoms with Crippen molar-refractivity contribution in [3.63, 3.8) is 0 Å². The van der Waals surface area contributed by atoms with Gasteiger partial charge < -0.3 is 10.5 Å². The molecule has 0 aromatic heterocycles. The minimum atomic E-state index is -3.83. The third-order valence-electron chi connectivity index (χ3n) is 4.88. The van der Waals surface area contributed by atoms with Gasteiger partial charge in [0.25, 0.3) is 0 Å². The van der Waals surface area contributed by atoms with Gasteiger partial charge in [0.15, 0.2) is 9.84 Å². The van der Waals surface area contributed by atoms with Crippen LogP contribution in [0.5, 0.6) is 5.75 Å². The van der Waals surface area contributed by atoms with Gasteiger partial charge in [0, 0.05) is 11.3 Å². The third kappa shape index (κ3) is 3.72. The van der Waals surface area contributed by atoms with Crippen molar-refractivity contribution >= 4 is 26.1 Å². The Hall–Kier alpha value is -2.52. The van der Waals surface area contributed by atoms with Crippen molar-refractivity contribution in [2.45, 2.75) is 21.6 Å². The van der Waals surface area contributed by atoms with E-state index >= 15 is 0 Å². The number of sulfone groups is 1. The van der Waals surface area contributed by atoms with E-state index in [1.54, 1.807) is 48.5 Å². The van der Waals surface area contributed by atoms with Crippen molar-refractivity contribution in [3.05, 3.63) is 83.9 Å². The lowest BCUT2D eigenvalue weighted by atomic mass is 10.1. The summed E-state index contributed by atoms with van der Waals surface area (Å²) in [6.07, 6.45) is 0. The maximum atomic E-state index is 13.3. The Morgan fingerprint density at radius 3 is 2.45 bits per heavy atom. The van der Waals surface area contributed by atoms with E-state index in [0.29, 0.717) is 17.0 Å². The third-order valence-corrected chi connectivity index (χ3v) is 9.03. The highest BCUT2D eigenvalue weighted by molar-refractivity contribution is 8.25. The summed E-state index contributed by atoms with van der Waals surface area (Å²) in [6.45, 7) is 0.179. The largest absolute Gasteiger partial charge is 0.489 e. The first-order valence-electron chi connectivity index (χ1n) is 8.94. The number of fused-ring (bicyclic) bond motifs is 1. The molecule has 1 unspecified atom stereocenters. The monoisotopic (exact) mass is 431 g/mol. The van der Waals surface area contributed by atoms with Gasteiger partial charge in [-0.1, -0.05) is 36.4 Å². The van der Waals surface area contributed by atoms with Crippen LogP contribution in [0.15, 0.2) is 82.6 Å². The number of ether oxygens (including phenoxy) is 1.